The SMILES string of the molecule is CC(F)Oc1cccc(-c2nn(C(C)C)c3cc(C(=O)N[C@@]4([C@H](C)O)CCOC4)cnc23)c1. The number of ether oxygens (including phenoxy) is 2. The molecule has 2 aromatic heterocycles. The lowest BCUT2D eigenvalue weighted by Gasteiger charge is -2.31. The van der Waals surface area contributed by atoms with Gasteiger partial charge in [-0.3, -0.25) is 14.5 Å². The molecule has 3 atom stereocenters. The molecule has 3 heterocycles. The molecule has 1 aliphatic heterocycles. The maximum Gasteiger partial charge on any atom is 0.253 e. The second-order valence-electron chi connectivity index (χ2n) is 8.76. The topological polar surface area (TPSA) is 98.5 Å². The van der Waals surface area contributed by atoms with Crippen LogP contribution in [0.4, 0.5) is 4.39 Å². The van der Waals surface area contributed by atoms with Crippen molar-refractivity contribution in [1.82, 2.24) is 20.1 Å². The first kappa shape index (κ1) is 23.1. The second kappa shape index (κ2) is 9.07. The number of nitrogens with zero attached hydrogens (tertiary/aromatic N) is 3. The quantitative estimate of drug-likeness (QED) is 0.563. The number of carbonyl (C=O) groups is 1. The van der Waals surface area contributed by atoms with Crippen LogP contribution in [-0.4, -0.2) is 57.0 Å². The Balaban J connectivity index is 1.73. The number of alkyl halides is 1. The molecule has 176 valence electrons. The zero-order chi connectivity index (χ0) is 23.8. The van der Waals surface area contributed by atoms with Crippen molar-refractivity contribution in [2.24, 2.45) is 0 Å². The summed E-state index contributed by atoms with van der Waals surface area (Å²) >= 11 is 0. The van der Waals surface area contributed by atoms with Crippen molar-refractivity contribution in [2.75, 3.05) is 13.2 Å². The normalized spacial score (nSPS) is 20.2. The van der Waals surface area contributed by atoms with Crippen molar-refractivity contribution < 1.29 is 23.8 Å². The van der Waals surface area contributed by atoms with Crippen LogP contribution in [0.5, 0.6) is 5.75 Å². The summed E-state index contributed by atoms with van der Waals surface area (Å²) in [7, 11) is 0. The van der Waals surface area contributed by atoms with Gasteiger partial charge in [0.05, 0.1) is 29.3 Å². The minimum atomic E-state index is -1.43. The second-order valence-corrected chi connectivity index (χ2v) is 8.76. The minimum absolute atomic E-state index is 0.0127. The Hall–Kier alpha value is -3.04. The Labute approximate surface area is 191 Å². The van der Waals surface area contributed by atoms with E-state index in [9.17, 15) is 14.3 Å². The number of hydrogen-bond acceptors (Lipinski definition) is 6. The van der Waals surface area contributed by atoms with Gasteiger partial charge < -0.3 is 19.9 Å². The van der Waals surface area contributed by atoms with E-state index in [0.29, 0.717) is 41.1 Å². The van der Waals surface area contributed by atoms with E-state index in [2.05, 4.69) is 10.3 Å². The third-order valence-electron chi connectivity index (χ3n) is 5.92. The number of halogens is 1. The van der Waals surface area contributed by atoms with Crippen LogP contribution in [0.15, 0.2) is 36.5 Å². The van der Waals surface area contributed by atoms with Gasteiger partial charge in [0.25, 0.3) is 5.91 Å². The summed E-state index contributed by atoms with van der Waals surface area (Å²) in [5.41, 5.74) is 2.23. The van der Waals surface area contributed by atoms with E-state index in [4.69, 9.17) is 14.6 Å². The van der Waals surface area contributed by atoms with Crippen LogP contribution in [0.2, 0.25) is 0 Å². The summed E-state index contributed by atoms with van der Waals surface area (Å²) in [5, 5.41) is 17.9. The van der Waals surface area contributed by atoms with Crippen LogP contribution < -0.4 is 10.1 Å². The fourth-order valence-corrected chi connectivity index (χ4v) is 4.05. The van der Waals surface area contributed by atoms with Crippen molar-refractivity contribution in [2.45, 2.75) is 58.2 Å². The average Bonchev–Trinajstić information content (AvgIpc) is 3.38. The van der Waals surface area contributed by atoms with Gasteiger partial charge in [-0.05, 0) is 45.4 Å². The van der Waals surface area contributed by atoms with Gasteiger partial charge in [-0.1, -0.05) is 12.1 Å². The molecule has 4 rings (SSSR count). The number of rotatable bonds is 7. The molecule has 1 fully saturated rings. The molecule has 0 saturated carbocycles. The Kier molecular flexibility index (Phi) is 6.36. The molecule has 9 heteroatoms. The van der Waals surface area contributed by atoms with Crippen molar-refractivity contribution in [3.05, 3.63) is 42.1 Å². The molecule has 1 amide bonds. The van der Waals surface area contributed by atoms with Crippen LogP contribution in [0, 0.1) is 0 Å². The molecule has 0 radical (unpaired) electrons. The molecule has 2 N–H and O–H groups in total. The summed E-state index contributed by atoms with van der Waals surface area (Å²) in [6, 6.07) is 8.80. The summed E-state index contributed by atoms with van der Waals surface area (Å²) in [6.45, 7) is 7.70. The summed E-state index contributed by atoms with van der Waals surface area (Å²) in [6.07, 6.45) is -0.145. The molecule has 1 aliphatic rings. The summed E-state index contributed by atoms with van der Waals surface area (Å²) < 4.78 is 25.7. The van der Waals surface area contributed by atoms with Crippen molar-refractivity contribution in [3.8, 4) is 17.0 Å². The molecule has 1 unspecified atom stereocenters. The lowest BCUT2D eigenvalue weighted by atomic mass is 9.92. The van der Waals surface area contributed by atoms with Gasteiger partial charge in [-0.2, -0.15) is 5.10 Å². The van der Waals surface area contributed by atoms with Gasteiger partial charge in [-0.15, -0.1) is 0 Å². The highest BCUT2D eigenvalue weighted by Crippen LogP contribution is 2.31. The van der Waals surface area contributed by atoms with Crippen LogP contribution in [0.25, 0.3) is 22.3 Å². The minimum Gasteiger partial charge on any atom is -0.461 e. The lowest BCUT2D eigenvalue weighted by Crippen LogP contribution is -2.56. The molecular weight excluding hydrogens is 427 g/mol. The molecule has 33 heavy (non-hydrogen) atoms. The maximum absolute atomic E-state index is 13.3. The molecule has 1 aromatic carbocycles. The average molecular weight is 457 g/mol. The number of benzene rings is 1. The van der Waals surface area contributed by atoms with E-state index in [0.717, 1.165) is 5.56 Å². The zero-order valence-corrected chi connectivity index (χ0v) is 19.2. The van der Waals surface area contributed by atoms with E-state index < -0.39 is 18.0 Å². The fourth-order valence-electron chi connectivity index (χ4n) is 4.05. The van der Waals surface area contributed by atoms with E-state index >= 15 is 0 Å². The van der Waals surface area contributed by atoms with E-state index in [1.54, 1.807) is 31.2 Å². The highest BCUT2D eigenvalue weighted by molar-refractivity contribution is 5.99. The first-order valence-corrected chi connectivity index (χ1v) is 11.1. The lowest BCUT2D eigenvalue weighted by molar-refractivity contribution is 0.0505. The molecular formula is C24H29FN4O4. The highest BCUT2D eigenvalue weighted by Gasteiger charge is 2.41. The third-order valence-corrected chi connectivity index (χ3v) is 5.92. The van der Waals surface area contributed by atoms with E-state index in [-0.39, 0.29) is 18.6 Å². The van der Waals surface area contributed by atoms with Gasteiger partial charge in [0.1, 0.15) is 17.0 Å². The zero-order valence-electron chi connectivity index (χ0n) is 19.2. The summed E-state index contributed by atoms with van der Waals surface area (Å²) in [4.78, 5) is 17.6. The van der Waals surface area contributed by atoms with E-state index in [1.807, 2.05) is 24.6 Å². The number of aliphatic hydroxyl groups excluding tert-OH is 1. The summed E-state index contributed by atoms with van der Waals surface area (Å²) in [5.74, 6) is 0.0640. The Bertz CT molecular complexity index is 1150. The van der Waals surface area contributed by atoms with Gasteiger partial charge in [0.15, 0.2) is 0 Å². The Morgan fingerprint density at radius 1 is 1.30 bits per heavy atom. The number of aromatic nitrogens is 3. The molecule has 0 bridgehead atoms. The maximum atomic E-state index is 13.3. The number of nitrogens with one attached hydrogen (secondary N) is 1. The van der Waals surface area contributed by atoms with Crippen LogP contribution in [0.3, 0.4) is 0 Å². The molecule has 8 nitrogen and oxygen atoms in total. The smallest absolute Gasteiger partial charge is 0.253 e. The van der Waals surface area contributed by atoms with Crippen molar-refractivity contribution in [1.29, 1.82) is 0 Å². The molecule has 1 saturated heterocycles. The van der Waals surface area contributed by atoms with Crippen LogP contribution in [0.1, 0.15) is 50.5 Å². The molecule has 3 aromatic rings. The van der Waals surface area contributed by atoms with Crippen LogP contribution in [-0.2, 0) is 4.74 Å². The largest absolute Gasteiger partial charge is 0.461 e. The van der Waals surface area contributed by atoms with Gasteiger partial charge in [0.2, 0.25) is 6.36 Å². The van der Waals surface area contributed by atoms with Crippen molar-refractivity contribution >= 4 is 16.9 Å². The fraction of sp³-hybridized carbons (Fsp3) is 0.458. The van der Waals surface area contributed by atoms with Gasteiger partial charge in [0, 0.05) is 31.3 Å². The monoisotopic (exact) mass is 456 g/mol. The number of hydrogen-bond donors (Lipinski definition) is 2. The van der Waals surface area contributed by atoms with Gasteiger partial charge >= 0.3 is 0 Å². The standard InChI is InChI=1S/C24H29FN4O4/c1-14(2)29-20-11-18(23(31)27-24(15(3)30)8-9-32-13-24)12-26-22(20)21(28-29)17-6-5-7-19(10-17)33-16(4)25/h5-7,10-12,14-16,30H,8-9,13H2,1-4H3,(H,27,31)/t15-,16?,24-/m0/s1. The van der Waals surface area contributed by atoms with Crippen molar-refractivity contribution in [3.63, 3.8) is 0 Å². The first-order valence-electron chi connectivity index (χ1n) is 11.1. The number of aliphatic hydroxyl groups is 1. The Morgan fingerprint density at radius 3 is 2.73 bits per heavy atom. The van der Waals surface area contributed by atoms with E-state index in [1.165, 1.54) is 13.1 Å². The predicted octanol–water partition coefficient (Wildman–Crippen LogP) is 3.64. The Morgan fingerprint density at radius 2 is 2.09 bits per heavy atom. The molecule has 0 spiro atoms. The number of amides is 1. The third kappa shape index (κ3) is 4.56. The van der Waals surface area contributed by atoms with Gasteiger partial charge in [-0.25, -0.2) is 4.39 Å². The highest BCUT2D eigenvalue weighted by atomic mass is 19.1. The number of carbonyl (C=O) groups excluding carboxylic acids is 1. The molecule has 0 aliphatic carbocycles. The number of fused-ring (bicyclic) bond motifs is 1. The predicted molar refractivity (Wildman–Crippen MR) is 122 cm³/mol. The number of pyridine rings is 1. The first-order chi connectivity index (χ1) is 15.7. The van der Waals surface area contributed by atoms with Crippen LogP contribution >= 0.6 is 0 Å².